The van der Waals surface area contributed by atoms with Crippen molar-refractivity contribution in [1.29, 1.82) is 0 Å². The van der Waals surface area contributed by atoms with Crippen LogP contribution in [0.3, 0.4) is 0 Å². The maximum absolute atomic E-state index is 14.5. The second-order valence-electron chi connectivity index (χ2n) is 11.8. The Labute approximate surface area is 215 Å². The number of aryl methyl sites for hydroxylation is 1. The van der Waals surface area contributed by atoms with Crippen molar-refractivity contribution in [2.75, 3.05) is 19.6 Å². The third-order valence-electron chi connectivity index (χ3n) is 9.89. The van der Waals surface area contributed by atoms with Crippen molar-refractivity contribution in [2.24, 2.45) is 11.8 Å². The molecule has 5 heteroatoms. The van der Waals surface area contributed by atoms with Gasteiger partial charge in [0.1, 0.15) is 6.67 Å². The molecule has 192 valence electrons. The number of pyridine rings is 1. The molecule has 6 rings (SSSR count). The molecule has 2 aliphatic carbocycles. The average Bonchev–Trinajstić information content (AvgIpc) is 3.37. The molecule has 0 unspecified atom stereocenters. The number of hydrogen-bond acceptors (Lipinski definition) is 3. The Morgan fingerprint density at radius 1 is 1.06 bits per heavy atom. The van der Waals surface area contributed by atoms with E-state index in [0.717, 1.165) is 57.4 Å². The molecule has 3 heterocycles. The maximum Gasteiger partial charge on any atom is 0.228 e. The second-order valence-corrected chi connectivity index (χ2v) is 11.8. The summed E-state index contributed by atoms with van der Waals surface area (Å²) in [6, 6.07) is 15.2. The van der Waals surface area contributed by atoms with E-state index in [9.17, 15) is 9.18 Å². The highest BCUT2D eigenvalue weighted by Gasteiger charge is 2.52. The fourth-order valence-electron chi connectivity index (χ4n) is 8.06. The summed E-state index contributed by atoms with van der Waals surface area (Å²) in [6.45, 7) is 1.89. The molecule has 1 aromatic heterocycles. The largest absolute Gasteiger partial charge is 0.339 e. The molecule has 4 nitrogen and oxygen atoms in total. The monoisotopic (exact) mass is 489 g/mol. The molecular weight excluding hydrogens is 449 g/mol. The number of carbonyl (C=O) groups excluding carboxylic acids is 1. The van der Waals surface area contributed by atoms with Gasteiger partial charge in [0.2, 0.25) is 5.91 Å². The van der Waals surface area contributed by atoms with Crippen molar-refractivity contribution < 1.29 is 9.18 Å². The van der Waals surface area contributed by atoms with Crippen molar-refractivity contribution >= 4 is 5.91 Å². The van der Waals surface area contributed by atoms with E-state index in [-0.39, 0.29) is 11.3 Å². The third-order valence-corrected chi connectivity index (χ3v) is 9.89. The highest BCUT2D eigenvalue weighted by molar-refractivity contribution is 5.82. The number of nitrogens with zero attached hydrogens (tertiary/aromatic N) is 2. The lowest BCUT2D eigenvalue weighted by atomic mass is 9.64. The van der Waals surface area contributed by atoms with Gasteiger partial charge in [-0.15, -0.1) is 0 Å². The lowest BCUT2D eigenvalue weighted by Crippen LogP contribution is -2.55. The Morgan fingerprint density at radius 3 is 2.69 bits per heavy atom. The molecule has 2 aliphatic heterocycles. The van der Waals surface area contributed by atoms with Crippen LogP contribution in [-0.2, 0) is 23.3 Å². The van der Waals surface area contributed by atoms with Crippen LogP contribution in [0.2, 0.25) is 0 Å². The summed E-state index contributed by atoms with van der Waals surface area (Å²) in [5.74, 6) is 1.45. The minimum Gasteiger partial charge on any atom is -0.339 e. The van der Waals surface area contributed by atoms with Crippen LogP contribution < -0.4 is 5.32 Å². The molecule has 1 saturated carbocycles. The number of piperidine rings is 1. The Morgan fingerprint density at radius 2 is 1.89 bits per heavy atom. The summed E-state index contributed by atoms with van der Waals surface area (Å²) >= 11 is 0. The number of fused-ring (bicyclic) bond motifs is 2. The van der Waals surface area contributed by atoms with Gasteiger partial charge in [0.25, 0.3) is 0 Å². The first-order valence-corrected chi connectivity index (χ1v) is 14.3. The van der Waals surface area contributed by atoms with Crippen molar-refractivity contribution in [3.8, 4) is 0 Å². The van der Waals surface area contributed by atoms with E-state index in [1.54, 1.807) is 0 Å². The number of amides is 1. The molecule has 2 aromatic rings. The first kappa shape index (κ1) is 24.1. The third kappa shape index (κ3) is 4.27. The molecule has 2 saturated heterocycles. The molecule has 4 aliphatic rings. The smallest absolute Gasteiger partial charge is 0.228 e. The minimum absolute atomic E-state index is 0.0612. The van der Waals surface area contributed by atoms with E-state index in [2.05, 4.69) is 51.6 Å². The van der Waals surface area contributed by atoms with Crippen molar-refractivity contribution in [3.63, 3.8) is 0 Å². The molecule has 1 aromatic carbocycles. The summed E-state index contributed by atoms with van der Waals surface area (Å²) in [4.78, 5) is 21.5. The summed E-state index contributed by atoms with van der Waals surface area (Å²) in [5, 5.41) is 3.60. The highest BCUT2D eigenvalue weighted by Crippen LogP contribution is 2.47. The van der Waals surface area contributed by atoms with Gasteiger partial charge < -0.3 is 10.2 Å². The first-order chi connectivity index (χ1) is 17.7. The van der Waals surface area contributed by atoms with Crippen molar-refractivity contribution in [2.45, 2.75) is 88.3 Å². The molecule has 1 spiro atoms. The van der Waals surface area contributed by atoms with Crippen LogP contribution in [0.4, 0.5) is 4.39 Å². The number of hydrogen-bond donors (Lipinski definition) is 1. The molecule has 36 heavy (non-hydrogen) atoms. The summed E-state index contributed by atoms with van der Waals surface area (Å²) < 4.78 is 13.4. The van der Waals surface area contributed by atoms with Crippen molar-refractivity contribution in [3.05, 3.63) is 65.0 Å². The van der Waals surface area contributed by atoms with E-state index >= 15 is 0 Å². The van der Waals surface area contributed by atoms with Gasteiger partial charge in [0.05, 0.1) is 11.6 Å². The van der Waals surface area contributed by atoms with Gasteiger partial charge in [0.15, 0.2) is 0 Å². The Hall–Kier alpha value is -2.27. The van der Waals surface area contributed by atoms with E-state index in [0.29, 0.717) is 29.5 Å². The van der Waals surface area contributed by atoms with Crippen LogP contribution in [-0.4, -0.2) is 41.5 Å². The van der Waals surface area contributed by atoms with Gasteiger partial charge in [-0.1, -0.05) is 55.7 Å². The zero-order valence-corrected chi connectivity index (χ0v) is 21.4. The van der Waals surface area contributed by atoms with Crippen LogP contribution >= 0.6 is 0 Å². The van der Waals surface area contributed by atoms with E-state index < -0.39 is 6.67 Å². The van der Waals surface area contributed by atoms with Crippen LogP contribution in [0.15, 0.2) is 42.5 Å². The Balaban J connectivity index is 1.30. The fraction of sp³-hybridized carbons (Fsp3) is 0.613. The zero-order chi connectivity index (χ0) is 24.5. The number of halogens is 1. The number of rotatable bonds is 4. The lowest BCUT2D eigenvalue weighted by Gasteiger charge is -2.48. The average molecular weight is 490 g/mol. The number of likely N-dealkylation sites (tertiary alicyclic amines) is 1. The maximum atomic E-state index is 14.5. The van der Waals surface area contributed by atoms with Gasteiger partial charge in [0, 0.05) is 36.8 Å². The number of aromatic nitrogens is 1. The normalized spacial score (nSPS) is 30.9. The summed E-state index contributed by atoms with van der Waals surface area (Å²) in [5.41, 5.74) is 3.95. The topological polar surface area (TPSA) is 45.2 Å². The summed E-state index contributed by atoms with van der Waals surface area (Å²) in [6.07, 6.45) is 11.5. The van der Waals surface area contributed by atoms with Gasteiger partial charge >= 0.3 is 0 Å². The lowest BCUT2D eigenvalue weighted by molar-refractivity contribution is -0.143. The highest BCUT2D eigenvalue weighted by atomic mass is 19.1. The predicted molar refractivity (Wildman–Crippen MR) is 141 cm³/mol. The molecule has 0 radical (unpaired) electrons. The molecule has 4 atom stereocenters. The molecule has 0 bridgehead atoms. The van der Waals surface area contributed by atoms with Crippen LogP contribution in [0, 0.1) is 11.8 Å². The number of alkyl halides is 1. The quantitative estimate of drug-likeness (QED) is 0.599. The molecular formula is C31H40FN3O. The minimum atomic E-state index is -0.527. The zero-order valence-electron chi connectivity index (χ0n) is 21.4. The van der Waals surface area contributed by atoms with E-state index in [4.69, 9.17) is 0 Å². The SMILES string of the molecule is O=C([C@@H]1CNC[C@]12CCCc1nc(CF)ccc12)N1CC[C@@H](c2ccccc2)C[C@H]1C1CCCCC1. The van der Waals surface area contributed by atoms with Crippen LogP contribution in [0.5, 0.6) is 0 Å². The second kappa shape index (κ2) is 10.2. The van der Waals surface area contributed by atoms with E-state index in [1.807, 2.05) is 6.07 Å². The number of benzene rings is 1. The molecule has 3 fully saturated rings. The fourth-order valence-corrected chi connectivity index (χ4v) is 8.06. The number of carbonyl (C=O) groups is 1. The summed E-state index contributed by atoms with van der Waals surface area (Å²) in [7, 11) is 0. The van der Waals surface area contributed by atoms with Gasteiger partial charge in [-0.05, 0) is 74.0 Å². The van der Waals surface area contributed by atoms with E-state index in [1.165, 1.54) is 43.2 Å². The van der Waals surface area contributed by atoms with Gasteiger partial charge in [-0.25, -0.2) is 4.39 Å². The molecule has 1 N–H and O–H groups in total. The number of nitrogens with one attached hydrogen (secondary N) is 1. The van der Waals surface area contributed by atoms with Crippen LogP contribution in [0.1, 0.15) is 86.2 Å². The van der Waals surface area contributed by atoms with Gasteiger partial charge in [-0.3, -0.25) is 9.78 Å². The standard InChI is InChI=1S/C31H40FN3O/c32-19-25-13-14-26-28(34-25)12-7-16-31(26)21-33-20-27(31)30(36)35-17-15-24(22-8-3-1-4-9-22)18-29(35)23-10-5-2-6-11-23/h1,3-4,8-9,13-14,23-24,27,29,33H,2,5-7,10-12,15-21H2/t24-,27+,29+,31+/m1/s1. The Bertz CT molecular complexity index is 1070. The first-order valence-electron chi connectivity index (χ1n) is 14.3. The molecule has 1 amide bonds. The van der Waals surface area contributed by atoms with Crippen LogP contribution in [0.25, 0.3) is 0 Å². The Kier molecular flexibility index (Phi) is 6.85. The van der Waals surface area contributed by atoms with Gasteiger partial charge in [-0.2, -0.15) is 0 Å². The van der Waals surface area contributed by atoms with Crippen molar-refractivity contribution in [1.82, 2.24) is 15.2 Å². The predicted octanol–water partition coefficient (Wildman–Crippen LogP) is 5.70.